The highest BCUT2D eigenvalue weighted by molar-refractivity contribution is 8.24. The van der Waals surface area contributed by atoms with Crippen LogP contribution >= 0.6 is 33.8 Å². The number of carbonyl (C=O) groups is 1. The summed E-state index contributed by atoms with van der Waals surface area (Å²) in [4.78, 5) is 13.5. The quantitative estimate of drug-likeness (QED) is 0.424. The number of rotatable bonds is 6. The van der Waals surface area contributed by atoms with E-state index in [1.165, 1.54) is 0 Å². The Balaban J connectivity index is 1.85. The molecule has 2 aromatic carbocycles. The number of fused-ring (bicyclic) bond motifs is 1. The molecule has 1 aliphatic rings. The Labute approximate surface area is 206 Å². The van der Waals surface area contributed by atoms with E-state index in [4.69, 9.17) is 27.9 Å². The Kier molecular flexibility index (Phi) is 7.40. The zero-order valence-corrected chi connectivity index (χ0v) is 21.0. The van der Waals surface area contributed by atoms with Crippen LogP contribution in [0.4, 0.5) is 0 Å². The highest BCUT2D eigenvalue weighted by Crippen LogP contribution is 2.42. The lowest BCUT2D eigenvalue weighted by Gasteiger charge is -2.40. The fraction of sp³-hybridized carbons (Fsp3) is 0.318. The normalized spacial score (nSPS) is 18.2. The van der Waals surface area contributed by atoms with Crippen LogP contribution < -0.4 is 0 Å². The summed E-state index contributed by atoms with van der Waals surface area (Å²) in [5, 5.41) is 1.51. The summed E-state index contributed by atoms with van der Waals surface area (Å²) < 4.78 is 42.5. The van der Waals surface area contributed by atoms with Crippen molar-refractivity contribution in [2.75, 3.05) is 31.2 Å². The van der Waals surface area contributed by atoms with Crippen molar-refractivity contribution < 1.29 is 22.8 Å². The van der Waals surface area contributed by atoms with Gasteiger partial charge in [-0.3, -0.25) is 9.11 Å². The van der Waals surface area contributed by atoms with Crippen molar-refractivity contribution in [3.63, 3.8) is 0 Å². The molecule has 1 fully saturated rings. The Bertz CT molecular complexity index is 1220. The predicted octanol–water partition coefficient (Wildman–Crippen LogP) is 5.26. The van der Waals surface area contributed by atoms with Crippen molar-refractivity contribution in [3.8, 4) is 0 Å². The average molecular weight is 531 g/mol. The number of aromatic nitrogens is 1. The van der Waals surface area contributed by atoms with E-state index in [1.54, 1.807) is 27.9 Å². The van der Waals surface area contributed by atoms with E-state index in [1.807, 2.05) is 30.3 Å². The lowest BCUT2D eigenvalue weighted by molar-refractivity contribution is 0.0510. The van der Waals surface area contributed by atoms with Crippen molar-refractivity contribution in [1.82, 2.24) is 8.87 Å². The number of esters is 1. The molecule has 33 heavy (non-hydrogen) atoms. The number of carbonyl (C=O) groups excluding carboxylic acids is 1. The molecule has 1 saturated heterocycles. The molecule has 0 spiro atoms. The van der Waals surface area contributed by atoms with Crippen molar-refractivity contribution in [1.29, 1.82) is 0 Å². The third-order valence-electron chi connectivity index (χ3n) is 5.46. The lowest BCUT2D eigenvalue weighted by Crippen LogP contribution is -2.39. The minimum atomic E-state index is -2.65. The van der Waals surface area contributed by atoms with Gasteiger partial charge in [-0.15, -0.1) is 0 Å². The lowest BCUT2D eigenvalue weighted by atomic mass is 10.2. The molecule has 11 heteroatoms. The van der Waals surface area contributed by atoms with Gasteiger partial charge in [-0.05, 0) is 30.7 Å². The summed E-state index contributed by atoms with van der Waals surface area (Å²) in [7, 11) is -4.35. The third-order valence-corrected chi connectivity index (χ3v) is 9.47. The van der Waals surface area contributed by atoms with E-state index >= 15 is 0 Å². The van der Waals surface area contributed by atoms with Crippen molar-refractivity contribution in [2.45, 2.75) is 18.4 Å². The third kappa shape index (κ3) is 5.09. The molecule has 4 rings (SSSR count). The van der Waals surface area contributed by atoms with Gasteiger partial charge in [-0.2, -0.15) is 10.6 Å². The summed E-state index contributed by atoms with van der Waals surface area (Å²) in [5.41, 5.74) is 1.76. The second kappa shape index (κ2) is 9.95. The number of hydrogen-bond acceptors (Lipinski definition) is 5. The van der Waals surface area contributed by atoms with Gasteiger partial charge in [-0.25, -0.2) is 13.3 Å². The van der Waals surface area contributed by atoms with Crippen molar-refractivity contribution in [2.24, 2.45) is 0 Å². The smallest absolute Gasteiger partial charge is 0.356 e. The topological polar surface area (TPSA) is 92.0 Å². The zero-order valence-electron chi connectivity index (χ0n) is 17.9. The highest BCUT2D eigenvalue weighted by atomic mass is 35.5. The highest BCUT2D eigenvalue weighted by Gasteiger charge is 2.33. The summed E-state index contributed by atoms with van der Waals surface area (Å²) >= 11 is 12.3. The van der Waals surface area contributed by atoms with Crippen molar-refractivity contribution >= 4 is 61.6 Å². The molecule has 0 aliphatic carbocycles. The first-order chi connectivity index (χ1) is 15.7. The fourth-order valence-electron chi connectivity index (χ4n) is 3.84. The molecule has 1 unspecified atom stereocenters. The van der Waals surface area contributed by atoms with Crippen LogP contribution in [-0.4, -0.2) is 59.4 Å². The Hall–Kier alpha value is -1.59. The van der Waals surface area contributed by atoms with Crippen LogP contribution in [0.1, 0.15) is 23.0 Å². The standard InChI is InChI=1S/C22H24Cl2N2O5S2/c1-2-31-22(27)20-21(32(28)25-9-11-33(29,30)12-10-25)16-5-3-4-6-19(16)26(20)14-15-7-8-17(23)18(24)13-15/h3-8,13,29-30H,2,9-12,14H2,1H3. The molecule has 1 aromatic heterocycles. The van der Waals surface area contributed by atoms with Crippen LogP contribution in [0.15, 0.2) is 47.4 Å². The molecule has 1 aliphatic heterocycles. The Morgan fingerprint density at radius 2 is 1.82 bits per heavy atom. The summed E-state index contributed by atoms with van der Waals surface area (Å²) in [6.45, 7) is 2.69. The molecular weight excluding hydrogens is 507 g/mol. The first-order valence-corrected chi connectivity index (χ1v) is 14.1. The molecule has 0 radical (unpaired) electrons. The van der Waals surface area contributed by atoms with Crippen LogP contribution in [0.5, 0.6) is 0 Å². The van der Waals surface area contributed by atoms with Crippen LogP contribution in [-0.2, 0) is 22.3 Å². The van der Waals surface area contributed by atoms with Crippen LogP contribution in [0.3, 0.4) is 0 Å². The number of nitrogens with zero attached hydrogens (tertiary/aromatic N) is 2. The monoisotopic (exact) mass is 530 g/mol. The van der Waals surface area contributed by atoms with Crippen LogP contribution in [0, 0.1) is 0 Å². The number of ether oxygens (including phenoxy) is 1. The average Bonchev–Trinajstić information content (AvgIpc) is 3.10. The predicted molar refractivity (Wildman–Crippen MR) is 134 cm³/mol. The van der Waals surface area contributed by atoms with Gasteiger partial charge in [0.05, 0.1) is 38.6 Å². The molecule has 3 aromatic rings. The van der Waals surface area contributed by atoms with E-state index in [9.17, 15) is 18.1 Å². The molecule has 0 bridgehead atoms. The minimum Gasteiger partial charge on any atom is -0.461 e. The maximum atomic E-state index is 13.7. The van der Waals surface area contributed by atoms with Crippen LogP contribution in [0.25, 0.3) is 10.9 Å². The van der Waals surface area contributed by atoms with Gasteiger partial charge in [0.25, 0.3) is 0 Å². The van der Waals surface area contributed by atoms with E-state index < -0.39 is 27.5 Å². The van der Waals surface area contributed by atoms with Crippen molar-refractivity contribution in [3.05, 3.63) is 63.8 Å². The fourth-order valence-corrected chi connectivity index (χ4v) is 7.11. The molecule has 0 saturated carbocycles. The number of halogens is 2. The van der Waals surface area contributed by atoms with E-state index in [0.717, 1.165) is 11.1 Å². The van der Waals surface area contributed by atoms with Crippen LogP contribution in [0.2, 0.25) is 10.0 Å². The van der Waals surface area contributed by atoms with Gasteiger partial charge >= 0.3 is 5.97 Å². The molecule has 2 N–H and O–H groups in total. The first-order valence-electron chi connectivity index (χ1n) is 10.3. The molecule has 1 atom stereocenters. The molecular formula is C22H24Cl2N2O5S2. The van der Waals surface area contributed by atoms with Gasteiger partial charge in [0.2, 0.25) is 0 Å². The minimum absolute atomic E-state index is 0.148. The summed E-state index contributed by atoms with van der Waals surface area (Å²) in [6.07, 6.45) is 0. The summed E-state index contributed by atoms with van der Waals surface area (Å²) in [6, 6.07) is 12.6. The van der Waals surface area contributed by atoms with Gasteiger partial charge in [0.1, 0.15) is 16.7 Å². The van der Waals surface area contributed by atoms with Gasteiger partial charge < -0.3 is 9.30 Å². The van der Waals surface area contributed by atoms with E-state index in [-0.39, 0.29) is 36.9 Å². The second-order valence-electron chi connectivity index (χ2n) is 7.64. The van der Waals surface area contributed by atoms with Gasteiger partial charge in [0, 0.05) is 25.0 Å². The molecule has 178 valence electrons. The number of para-hydroxylation sites is 1. The van der Waals surface area contributed by atoms with E-state index in [2.05, 4.69) is 0 Å². The SMILES string of the molecule is CCOC(=O)c1c(S(=O)N2CCS(O)(O)CC2)c2ccccc2n1Cc1ccc(Cl)c(Cl)c1. The zero-order chi connectivity index (χ0) is 23.8. The molecule has 2 heterocycles. The Morgan fingerprint density at radius 3 is 2.48 bits per heavy atom. The largest absolute Gasteiger partial charge is 0.461 e. The van der Waals surface area contributed by atoms with Gasteiger partial charge in [0.15, 0.2) is 0 Å². The van der Waals surface area contributed by atoms with Gasteiger partial charge in [-0.1, -0.05) is 47.5 Å². The van der Waals surface area contributed by atoms with E-state index in [0.29, 0.717) is 26.9 Å². The first kappa shape index (κ1) is 24.5. The molecule has 7 nitrogen and oxygen atoms in total. The number of benzene rings is 2. The second-order valence-corrected chi connectivity index (χ2v) is 12.3. The maximum absolute atomic E-state index is 13.7. The maximum Gasteiger partial charge on any atom is 0.356 e. The summed E-state index contributed by atoms with van der Waals surface area (Å²) in [5.74, 6) is -0.275. The number of hydrogen-bond donors (Lipinski definition) is 2. The molecule has 0 amide bonds. The Morgan fingerprint density at radius 1 is 1.12 bits per heavy atom.